The topological polar surface area (TPSA) is 72.9 Å². The standard InChI is InChI=1S/C28H24Cl2F3NO5S/c1-17(27-22(29)7-4-8-23(27)30)13-18-9-11-25-24(14-18)34(16-20(39-25)10-12-26(35)38-2)40(36,37)21-6-3-5-19(15-21)28(31,32)33/h3-9,11,13-15,20H,10,12,16H2,1-2H3/b17-13+. The number of anilines is 1. The molecule has 0 aromatic heterocycles. The molecule has 0 radical (unpaired) electrons. The molecule has 4 rings (SSSR count). The second-order valence-electron chi connectivity index (χ2n) is 9.07. The first-order chi connectivity index (χ1) is 18.8. The number of carbonyl (C=O) groups is 1. The maximum atomic E-state index is 13.8. The molecule has 1 aliphatic heterocycles. The molecule has 1 unspecified atom stereocenters. The van der Waals surface area contributed by atoms with Gasteiger partial charge in [-0.05, 0) is 66.9 Å². The number of benzene rings is 3. The summed E-state index contributed by atoms with van der Waals surface area (Å²) in [5.74, 6) is -0.307. The Hall–Kier alpha value is -3.21. The maximum absolute atomic E-state index is 13.8. The van der Waals surface area contributed by atoms with Gasteiger partial charge in [0.15, 0.2) is 0 Å². The SMILES string of the molecule is COC(=O)CCC1CN(S(=O)(=O)c2cccc(C(F)(F)F)c2)c2cc(/C=C(\C)c3c(Cl)cccc3Cl)ccc2O1. The third-order valence-electron chi connectivity index (χ3n) is 6.30. The van der Waals surface area contributed by atoms with Crippen molar-refractivity contribution in [3.05, 3.63) is 87.4 Å². The fourth-order valence-electron chi connectivity index (χ4n) is 4.33. The minimum absolute atomic E-state index is 0.0352. The molecule has 0 bridgehead atoms. The quantitative estimate of drug-likeness (QED) is 0.204. The second kappa shape index (κ2) is 11.7. The molecule has 12 heteroatoms. The average Bonchev–Trinajstić information content (AvgIpc) is 2.90. The molecule has 1 atom stereocenters. The molecule has 1 aliphatic rings. The van der Waals surface area contributed by atoms with Crippen molar-refractivity contribution in [1.29, 1.82) is 0 Å². The molecular formula is C28H24Cl2F3NO5S. The zero-order valence-corrected chi connectivity index (χ0v) is 23.7. The van der Waals surface area contributed by atoms with Gasteiger partial charge in [0, 0.05) is 22.0 Å². The molecule has 3 aromatic rings. The summed E-state index contributed by atoms with van der Waals surface area (Å²) in [6.07, 6.45) is -3.63. The van der Waals surface area contributed by atoms with Crippen molar-refractivity contribution in [2.45, 2.75) is 36.9 Å². The Morgan fingerprint density at radius 2 is 1.77 bits per heavy atom. The molecule has 0 spiro atoms. The average molecular weight is 614 g/mol. The van der Waals surface area contributed by atoms with Crippen LogP contribution in [-0.2, 0) is 25.7 Å². The van der Waals surface area contributed by atoms with Gasteiger partial charge in [-0.15, -0.1) is 0 Å². The lowest BCUT2D eigenvalue weighted by molar-refractivity contribution is -0.141. The third-order valence-corrected chi connectivity index (χ3v) is 8.71. The predicted molar refractivity (Wildman–Crippen MR) is 148 cm³/mol. The van der Waals surface area contributed by atoms with Gasteiger partial charge in [-0.25, -0.2) is 8.42 Å². The highest BCUT2D eigenvalue weighted by atomic mass is 35.5. The van der Waals surface area contributed by atoms with E-state index in [1.807, 2.05) is 0 Å². The lowest BCUT2D eigenvalue weighted by Gasteiger charge is -2.35. The van der Waals surface area contributed by atoms with E-state index in [1.54, 1.807) is 49.4 Å². The van der Waals surface area contributed by atoms with E-state index in [-0.39, 0.29) is 30.8 Å². The lowest BCUT2D eigenvalue weighted by Crippen LogP contribution is -2.43. The summed E-state index contributed by atoms with van der Waals surface area (Å²) in [4.78, 5) is 11.2. The first kappa shape index (κ1) is 29.8. The number of sulfonamides is 1. The van der Waals surface area contributed by atoms with E-state index in [0.29, 0.717) is 32.8 Å². The molecule has 0 saturated carbocycles. The second-order valence-corrected chi connectivity index (χ2v) is 11.7. The van der Waals surface area contributed by atoms with Crippen molar-refractivity contribution in [3.8, 4) is 5.75 Å². The number of esters is 1. The molecular weight excluding hydrogens is 590 g/mol. The third kappa shape index (κ3) is 6.40. The Morgan fingerprint density at radius 3 is 2.42 bits per heavy atom. The van der Waals surface area contributed by atoms with Crippen LogP contribution >= 0.6 is 23.2 Å². The van der Waals surface area contributed by atoms with Crippen molar-refractivity contribution in [2.24, 2.45) is 0 Å². The number of rotatable bonds is 7. The maximum Gasteiger partial charge on any atom is 0.416 e. The van der Waals surface area contributed by atoms with Gasteiger partial charge in [0.05, 0.1) is 29.8 Å². The number of carbonyl (C=O) groups excluding carboxylic acids is 1. The number of ether oxygens (including phenoxy) is 2. The Kier molecular flexibility index (Phi) is 8.72. The van der Waals surface area contributed by atoms with E-state index in [1.165, 1.54) is 7.11 Å². The van der Waals surface area contributed by atoms with Gasteiger partial charge < -0.3 is 9.47 Å². The summed E-state index contributed by atoms with van der Waals surface area (Å²) in [5, 5.41) is 0.870. The van der Waals surface area contributed by atoms with Gasteiger partial charge >= 0.3 is 12.1 Å². The fourth-order valence-corrected chi connectivity index (χ4v) is 6.58. The van der Waals surface area contributed by atoms with Gasteiger partial charge in [-0.1, -0.05) is 47.5 Å². The van der Waals surface area contributed by atoms with Gasteiger partial charge in [-0.2, -0.15) is 13.2 Å². The zero-order chi connectivity index (χ0) is 29.2. The molecule has 0 aliphatic carbocycles. The smallest absolute Gasteiger partial charge is 0.416 e. The number of halogens is 5. The first-order valence-electron chi connectivity index (χ1n) is 12.0. The first-order valence-corrected chi connectivity index (χ1v) is 14.2. The molecule has 40 heavy (non-hydrogen) atoms. The van der Waals surface area contributed by atoms with Crippen LogP contribution in [0.4, 0.5) is 18.9 Å². The minimum Gasteiger partial charge on any atom is -0.486 e. The molecule has 1 heterocycles. The number of hydrogen-bond acceptors (Lipinski definition) is 5. The number of nitrogens with zero attached hydrogens (tertiary/aromatic N) is 1. The van der Waals surface area contributed by atoms with E-state index >= 15 is 0 Å². The van der Waals surface area contributed by atoms with Crippen LogP contribution in [-0.4, -0.2) is 34.1 Å². The number of methoxy groups -OCH3 is 1. The summed E-state index contributed by atoms with van der Waals surface area (Å²) in [6, 6.07) is 13.5. The van der Waals surface area contributed by atoms with E-state index in [4.69, 9.17) is 27.9 Å². The summed E-state index contributed by atoms with van der Waals surface area (Å²) >= 11 is 12.7. The van der Waals surface area contributed by atoms with Gasteiger partial charge in [0.1, 0.15) is 11.9 Å². The highest BCUT2D eigenvalue weighted by molar-refractivity contribution is 7.92. The van der Waals surface area contributed by atoms with E-state index in [9.17, 15) is 26.4 Å². The largest absolute Gasteiger partial charge is 0.486 e. The minimum atomic E-state index is -4.73. The van der Waals surface area contributed by atoms with Crippen molar-refractivity contribution in [3.63, 3.8) is 0 Å². The van der Waals surface area contributed by atoms with Gasteiger partial charge in [0.25, 0.3) is 10.0 Å². The number of alkyl halides is 3. The number of hydrogen-bond donors (Lipinski definition) is 0. The van der Waals surface area contributed by atoms with Crippen molar-refractivity contribution < 1.29 is 35.9 Å². The van der Waals surface area contributed by atoms with Crippen molar-refractivity contribution in [1.82, 2.24) is 0 Å². The molecule has 6 nitrogen and oxygen atoms in total. The molecule has 0 N–H and O–H groups in total. The summed E-state index contributed by atoms with van der Waals surface area (Å²) in [5.41, 5.74) is 0.937. The number of fused-ring (bicyclic) bond motifs is 1. The highest BCUT2D eigenvalue weighted by Crippen LogP contribution is 2.40. The molecule has 0 fully saturated rings. The Labute approximate surface area is 240 Å². The molecule has 0 amide bonds. The van der Waals surface area contributed by atoms with Crippen LogP contribution < -0.4 is 9.04 Å². The lowest BCUT2D eigenvalue weighted by atomic mass is 10.0. The van der Waals surface area contributed by atoms with E-state index in [0.717, 1.165) is 22.5 Å². The van der Waals surface area contributed by atoms with Crippen LogP contribution in [0.25, 0.3) is 11.6 Å². The molecule has 212 valence electrons. The van der Waals surface area contributed by atoms with Crippen LogP contribution in [0.1, 0.15) is 36.5 Å². The monoisotopic (exact) mass is 613 g/mol. The van der Waals surface area contributed by atoms with Gasteiger partial charge in [-0.3, -0.25) is 9.10 Å². The normalized spacial score (nSPS) is 15.8. The van der Waals surface area contributed by atoms with Crippen LogP contribution in [0.2, 0.25) is 10.0 Å². The molecule has 3 aromatic carbocycles. The zero-order valence-electron chi connectivity index (χ0n) is 21.3. The Balaban J connectivity index is 1.79. The Bertz CT molecular complexity index is 1550. The van der Waals surface area contributed by atoms with E-state index < -0.39 is 38.7 Å². The van der Waals surface area contributed by atoms with Crippen molar-refractivity contribution >= 4 is 56.5 Å². The van der Waals surface area contributed by atoms with Crippen LogP contribution in [0.15, 0.2) is 65.6 Å². The van der Waals surface area contributed by atoms with Crippen LogP contribution in [0, 0.1) is 0 Å². The van der Waals surface area contributed by atoms with Crippen LogP contribution in [0.5, 0.6) is 5.75 Å². The predicted octanol–water partition coefficient (Wildman–Crippen LogP) is 7.48. The van der Waals surface area contributed by atoms with Crippen LogP contribution in [0.3, 0.4) is 0 Å². The summed E-state index contributed by atoms with van der Waals surface area (Å²) in [7, 11) is -3.24. The highest BCUT2D eigenvalue weighted by Gasteiger charge is 2.37. The summed E-state index contributed by atoms with van der Waals surface area (Å²) in [6.45, 7) is 1.56. The fraction of sp³-hybridized carbons (Fsp3) is 0.250. The number of allylic oxidation sites excluding steroid dienone is 1. The van der Waals surface area contributed by atoms with Gasteiger partial charge in [0.2, 0.25) is 0 Å². The van der Waals surface area contributed by atoms with Crippen molar-refractivity contribution in [2.75, 3.05) is 18.0 Å². The molecule has 0 saturated heterocycles. The summed E-state index contributed by atoms with van der Waals surface area (Å²) < 4.78 is 79.4. The van der Waals surface area contributed by atoms with E-state index in [2.05, 4.69) is 4.74 Å². The Morgan fingerprint density at radius 1 is 1.10 bits per heavy atom.